The average Bonchev–Trinajstić information content (AvgIpc) is 3.32. The fourth-order valence-electron chi connectivity index (χ4n) is 3.59. The number of nitrogens with one attached hydrogen (secondary N) is 2. The van der Waals surface area contributed by atoms with Gasteiger partial charge in [0.1, 0.15) is 32.0 Å². The summed E-state index contributed by atoms with van der Waals surface area (Å²) in [5.74, 6) is 0.628. The SMILES string of the molecule is C[NH+]1CC[NH+]([C@H](c2ccc(F)cc2)c2nnnn2Cc2cccs2)CC1. The highest BCUT2D eigenvalue weighted by molar-refractivity contribution is 7.09. The molecule has 0 amide bonds. The number of quaternary nitrogens is 2. The Kier molecular flexibility index (Phi) is 5.05. The van der Waals surface area contributed by atoms with Crippen LogP contribution in [0, 0.1) is 5.82 Å². The van der Waals surface area contributed by atoms with Crippen LogP contribution in [0.5, 0.6) is 0 Å². The molecule has 1 fully saturated rings. The van der Waals surface area contributed by atoms with E-state index in [1.165, 1.54) is 21.9 Å². The van der Waals surface area contributed by atoms with Gasteiger partial charge in [-0.2, -0.15) is 0 Å². The molecule has 1 atom stereocenters. The number of aromatic nitrogens is 4. The summed E-state index contributed by atoms with van der Waals surface area (Å²) in [6.07, 6.45) is 0. The lowest BCUT2D eigenvalue weighted by atomic mass is 10.0. The molecule has 1 saturated heterocycles. The average molecular weight is 374 g/mol. The van der Waals surface area contributed by atoms with Gasteiger partial charge in [0.2, 0.25) is 5.82 Å². The quantitative estimate of drug-likeness (QED) is 0.629. The van der Waals surface area contributed by atoms with Gasteiger partial charge >= 0.3 is 0 Å². The number of likely N-dealkylation sites (N-methyl/N-ethyl adjacent to an activating group) is 1. The number of tetrazole rings is 1. The predicted molar refractivity (Wildman–Crippen MR) is 96.8 cm³/mol. The van der Waals surface area contributed by atoms with Gasteiger partial charge in [-0.3, -0.25) is 0 Å². The first-order chi connectivity index (χ1) is 12.7. The Hall–Kier alpha value is -2.16. The largest absolute Gasteiger partial charge is 0.328 e. The van der Waals surface area contributed by atoms with Crippen LogP contribution in [0.25, 0.3) is 0 Å². The molecule has 1 aromatic carbocycles. The molecule has 2 aromatic heterocycles. The zero-order valence-electron chi connectivity index (χ0n) is 14.7. The minimum atomic E-state index is -0.219. The second-order valence-corrected chi connectivity index (χ2v) is 7.91. The Morgan fingerprint density at radius 1 is 1.15 bits per heavy atom. The second-order valence-electron chi connectivity index (χ2n) is 6.87. The summed E-state index contributed by atoms with van der Waals surface area (Å²) in [5, 5.41) is 14.6. The maximum absolute atomic E-state index is 13.5. The molecule has 8 heteroatoms. The van der Waals surface area contributed by atoms with Crippen molar-refractivity contribution in [3.05, 3.63) is 63.9 Å². The number of halogens is 1. The number of rotatable bonds is 5. The fraction of sp³-hybridized carbons (Fsp3) is 0.389. The van der Waals surface area contributed by atoms with Crippen molar-refractivity contribution in [2.24, 2.45) is 0 Å². The van der Waals surface area contributed by atoms with Crippen molar-refractivity contribution in [2.45, 2.75) is 12.6 Å². The maximum atomic E-state index is 13.5. The highest BCUT2D eigenvalue weighted by Gasteiger charge is 2.34. The summed E-state index contributed by atoms with van der Waals surface area (Å²) in [4.78, 5) is 4.20. The standard InChI is InChI=1S/C18H21FN6S/c1-23-8-10-24(11-9-23)17(14-4-6-15(19)7-5-14)18-20-21-22-25(18)13-16-3-2-12-26-16/h2-7,12,17H,8-11,13H2,1H3/p+2/t17-/m1/s1. The summed E-state index contributed by atoms with van der Waals surface area (Å²) >= 11 is 1.70. The van der Waals surface area contributed by atoms with E-state index in [0.717, 1.165) is 37.6 Å². The highest BCUT2D eigenvalue weighted by atomic mass is 32.1. The molecule has 0 radical (unpaired) electrons. The van der Waals surface area contributed by atoms with Crippen molar-refractivity contribution < 1.29 is 14.2 Å². The van der Waals surface area contributed by atoms with Crippen LogP contribution in [-0.4, -0.2) is 53.4 Å². The van der Waals surface area contributed by atoms with Crippen LogP contribution in [0.2, 0.25) is 0 Å². The first kappa shape index (κ1) is 17.3. The summed E-state index contributed by atoms with van der Waals surface area (Å²) in [5.41, 5.74) is 1.06. The van der Waals surface area contributed by atoms with E-state index >= 15 is 0 Å². The molecule has 2 N–H and O–H groups in total. The van der Waals surface area contributed by atoms with Crippen molar-refractivity contribution in [1.82, 2.24) is 20.2 Å². The Morgan fingerprint density at radius 3 is 2.62 bits per heavy atom. The lowest BCUT2D eigenvalue weighted by Crippen LogP contribution is -3.27. The zero-order chi connectivity index (χ0) is 17.9. The van der Waals surface area contributed by atoms with Crippen LogP contribution in [-0.2, 0) is 6.54 Å². The van der Waals surface area contributed by atoms with Crippen molar-refractivity contribution >= 4 is 11.3 Å². The molecule has 4 rings (SSSR count). The number of hydrogen-bond acceptors (Lipinski definition) is 4. The first-order valence-electron chi connectivity index (χ1n) is 8.90. The fourth-order valence-corrected chi connectivity index (χ4v) is 4.28. The number of benzene rings is 1. The Bertz CT molecular complexity index is 824. The topological polar surface area (TPSA) is 52.5 Å². The van der Waals surface area contributed by atoms with Crippen molar-refractivity contribution in [3.63, 3.8) is 0 Å². The Balaban J connectivity index is 1.69. The maximum Gasteiger partial charge on any atom is 0.214 e. The molecular weight excluding hydrogens is 351 g/mol. The minimum absolute atomic E-state index is 0.0127. The van der Waals surface area contributed by atoms with E-state index in [9.17, 15) is 4.39 Å². The molecular formula is C18H23FN6S+2. The molecule has 1 aliphatic rings. The van der Waals surface area contributed by atoms with Gasteiger partial charge in [-0.25, -0.2) is 9.07 Å². The third kappa shape index (κ3) is 3.67. The summed E-state index contributed by atoms with van der Waals surface area (Å²) in [7, 11) is 2.23. The summed E-state index contributed by atoms with van der Waals surface area (Å²) in [6.45, 7) is 4.97. The van der Waals surface area contributed by atoms with Gasteiger partial charge in [-0.15, -0.1) is 16.4 Å². The summed E-state index contributed by atoms with van der Waals surface area (Å²) in [6, 6.07) is 10.9. The van der Waals surface area contributed by atoms with Crippen LogP contribution >= 0.6 is 11.3 Å². The summed E-state index contributed by atoms with van der Waals surface area (Å²) < 4.78 is 15.3. The van der Waals surface area contributed by atoms with Gasteiger partial charge in [-0.1, -0.05) is 6.07 Å². The van der Waals surface area contributed by atoms with E-state index in [4.69, 9.17) is 0 Å². The molecule has 0 bridgehead atoms. The monoisotopic (exact) mass is 374 g/mol. The molecule has 6 nitrogen and oxygen atoms in total. The molecule has 0 aliphatic carbocycles. The molecule has 1 aliphatic heterocycles. The molecule has 0 unspecified atom stereocenters. The van der Waals surface area contributed by atoms with E-state index < -0.39 is 0 Å². The van der Waals surface area contributed by atoms with Crippen LogP contribution < -0.4 is 9.80 Å². The Labute approximate surface area is 155 Å². The minimum Gasteiger partial charge on any atom is -0.328 e. The first-order valence-corrected chi connectivity index (χ1v) is 9.78. The van der Waals surface area contributed by atoms with Gasteiger partial charge in [0.05, 0.1) is 13.6 Å². The highest BCUT2D eigenvalue weighted by Crippen LogP contribution is 2.19. The van der Waals surface area contributed by atoms with E-state index in [2.05, 4.69) is 34.0 Å². The van der Waals surface area contributed by atoms with Crippen molar-refractivity contribution in [2.75, 3.05) is 33.2 Å². The smallest absolute Gasteiger partial charge is 0.214 e. The van der Waals surface area contributed by atoms with Crippen LogP contribution in [0.3, 0.4) is 0 Å². The normalized spacial score (nSPS) is 21.6. The van der Waals surface area contributed by atoms with Gasteiger partial charge in [-0.05, 0) is 46.1 Å². The number of nitrogens with zero attached hydrogens (tertiary/aromatic N) is 4. The molecule has 0 saturated carbocycles. The van der Waals surface area contributed by atoms with Crippen LogP contribution in [0.15, 0.2) is 41.8 Å². The lowest BCUT2D eigenvalue weighted by Gasteiger charge is -2.32. The molecule has 3 aromatic rings. The second kappa shape index (κ2) is 7.61. The third-order valence-electron chi connectivity index (χ3n) is 5.06. The number of piperazine rings is 1. The van der Waals surface area contributed by atoms with Gasteiger partial charge in [0.25, 0.3) is 0 Å². The van der Waals surface area contributed by atoms with E-state index in [1.807, 2.05) is 22.9 Å². The van der Waals surface area contributed by atoms with Crippen LogP contribution in [0.4, 0.5) is 4.39 Å². The van der Waals surface area contributed by atoms with E-state index in [1.54, 1.807) is 16.2 Å². The van der Waals surface area contributed by atoms with Crippen molar-refractivity contribution in [3.8, 4) is 0 Å². The van der Waals surface area contributed by atoms with E-state index in [0.29, 0.717) is 6.54 Å². The number of thiophene rings is 1. The van der Waals surface area contributed by atoms with E-state index in [-0.39, 0.29) is 11.9 Å². The molecule has 136 valence electrons. The van der Waals surface area contributed by atoms with Crippen LogP contribution in [0.1, 0.15) is 22.3 Å². The van der Waals surface area contributed by atoms with Gasteiger partial charge in [0.15, 0.2) is 6.04 Å². The number of hydrogen-bond donors (Lipinski definition) is 2. The van der Waals surface area contributed by atoms with Gasteiger partial charge < -0.3 is 9.80 Å². The molecule has 0 spiro atoms. The molecule has 26 heavy (non-hydrogen) atoms. The van der Waals surface area contributed by atoms with Gasteiger partial charge in [0, 0.05) is 10.4 Å². The third-order valence-corrected chi connectivity index (χ3v) is 5.92. The molecule has 3 heterocycles. The lowest BCUT2D eigenvalue weighted by molar-refractivity contribution is -1.02. The Morgan fingerprint density at radius 2 is 1.92 bits per heavy atom. The predicted octanol–water partition coefficient (Wildman–Crippen LogP) is -0.575. The zero-order valence-corrected chi connectivity index (χ0v) is 15.5. The van der Waals surface area contributed by atoms with Crippen molar-refractivity contribution in [1.29, 1.82) is 0 Å².